The second-order valence-electron chi connectivity index (χ2n) is 4.54. The van der Waals surface area contributed by atoms with Crippen molar-refractivity contribution in [1.29, 1.82) is 0 Å². The molecular weight excluding hydrogens is 186 g/mol. The molecule has 0 atom stereocenters. The van der Waals surface area contributed by atoms with E-state index in [1.54, 1.807) is 0 Å². The molecule has 0 aromatic carbocycles. The zero-order valence-corrected chi connectivity index (χ0v) is 9.36. The molecule has 15 heavy (non-hydrogen) atoms. The minimum atomic E-state index is 0.696. The van der Waals surface area contributed by atoms with Crippen molar-refractivity contribution >= 4 is 0 Å². The molecule has 1 aliphatic rings. The van der Waals surface area contributed by atoms with Crippen LogP contribution in [0.3, 0.4) is 0 Å². The number of nitrogens with two attached hydrogens (primary N) is 1. The SMILES string of the molecule is NCCc1nccn1CC1CCCCC1. The lowest BCUT2D eigenvalue weighted by molar-refractivity contribution is 0.316. The van der Waals surface area contributed by atoms with Crippen molar-refractivity contribution in [2.45, 2.75) is 45.1 Å². The Kier molecular flexibility index (Phi) is 3.78. The molecule has 1 aromatic heterocycles. The monoisotopic (exact) mass is 207 g/mol. The summed E-state index contributed by atoms with van der Waals surface area (Å²) in [6.45, 7) is 1.84. The summed E-state index contributed by atoms with van der Waals surface area (Å²) in [5, 5.41) is 0. The van der Waals surface area contributed by atoms with E-state index >= 15 is 0 Å². The van der Waals surface area contributed by atoms with Crippen LogP contribution in [0.25, 0.3) is 0 Å². The van der Waals surface area contributed by atoms with E-state index in [0.717, 1.165) is 24.7 Å². The molecule has 0 unspecified atom stereocenters. The van der Waals surface area contributed by atoms with Gasteiger partial charge in [0.2, 0.25) is 0 Å². The zero-order valence-electron chi connectivity index (χ0n) is 9.36. The minimum absolute atomic E-state index is 0.696. The first-order valence-corrected chi connectivity index (χ1v) is 6.10. The van der Waals surface area contributed by atoms with Crippen molar-refractivity contribution in [3.05, 3.63) is 18.2 Å². The normalized spacial score (nSPS) is 18.2. The maximum atomic E-state index is 5.57. The number of hydrogen-bond acceptors (Lipinski definition) is 2. The lowest BCUT2D eigenvalue weighted by Gasteiger charge is -2.22. The molecule has 1 aliphatic carbocycles. The summed E-state index contributed by atoms with van der Waals surface area (Å²) in [7, 11) is 0. The van der Waals surface area contributed by atoms with Crippen LogP contribution in [0.5, 0.6) is 0 Å². The third kappa shape index (κ3) is 2.81. The Bertz CT molecular complexity index is 287. The van der Waals surface area contributed by atoms with E-state index in [0.29, 0.717) is 6.54 Å². The van der Waals surface area contributed by atoms with Crippen LogP contribution in [0.1, 0.15) is 37.9 Å². The maximum Gasteiger partial charge on any atom is 0.109 e. The first-order chi connectivity index (χ1) is 7.40. The molecule has 3 nitrogen and oxygen atoms in total. The van der Waals surface area contributed by atoms with Crippen molar-refractivity contribution in [2.75, 3.05) is 6.54 Å². The van der Waals surface area contributed by atoms with E-state index in [1.807, 2.05) is 6.20 Å². The van der Waals surface area contributed by atoms with Gasteiger partial charge in [-0.05, 0) is 25.3 Å². The van der Waals surface area contributed by atoms with Crippen LogP contribution in [-0.2, 0) is 13.0 Å². The zero-order chi connectivity index (χ0) is 10.5. The van der Waals surface area contributed by atoms with Crippen LogP contribution in [0.4, 0.5) is 0 Å². The third-order valence-corrected chi connectivity index (χ3v) is 3.35. The molecule has 0 aliphatic heterocycles. The first-order valence-electron chi connectivity index (χ1n) is 6.10. The predicted molar refractivity (Wildman–Crippen MR) is 61.6 cm³/mol. The summed E-state index contributed by atoms with van der Waals surface area (Å²) in [5.74, 6) is 2.02. The van der Waals surface area contributed by atoms with E-state index in [-0.39, 0.29) is 0 Å². The van der Waals surface area contributed by atoms with E-state index in [9.17, 15) is 0 Å². The molecule has 84 valence electrons. The fraction of sp³-hybridized carbons (Fsp3) is 0.750. The number of imidazole rings is 1. The van der Waals surface area contributed by atoms with Crippen molar-refractivity contribution in [3.63, 3.8) is 0 Å². The summed E-state index contributed by atoms with van der Waals surface area (Å²) in [6, 6.07) is 0. The van der Waals surface area contributed by atoms with Crippen LogP contribution >= 0.6 is 0 Å². The number of nitrogens with zero attached hydrogens (tertiary/aromatic N) is 2. The van der Waals surface area contributed by atoms with Crippen molar-refractivity contribution in [3.8, 4) is 0 Å². The van der Waals surface area contributed by atoms with Gasteiger partial charge in [0.05, 0.1) is 0 Å². The van der Waals surface area contributed by atoms with E-state index in [1.165, 1.54) is 32.1 Å². The smallest absolute Gasteiger partial charge is 0.109 e. The number of aromatic nitrogens is 2. The summed E-state index contributed by atoms with van der Waals surface area (Å²) in [4.78, 5) is 4.35. The molecule has 1 aromatic rings. The highest BCUT2D eigenvalue weighted by Crippen LogP contribution is 2.25. The fourth-order valence-corrected chi connectivity index (χ4v) is 2.51. The van der Waals surface area contributed by atoms with E-state index < -0.39 is 0 Å². The van der Waals surface area contributed by atoms with Gasteiger partial charge in [-0.2, -0.15) is 0 Å². The molecule has 0 saturated heterocycles. The standard InChI is InChI=1S/C12H21N3/c13-7-6-12-14-8-9-15(12)10-11-4-2-1-3-5-11/h8-9,11H,1-7,10,13H2. The number of rotatable bonds is 4. The van der Waals surface area contributed by atoms with Crippen LogP contribution in [0, 0.1) is 5.92 Å². The Morgan fingerprint density at radius 1 is 1.33 bits per heavy atom. The lowest BCUT2D eigenvalue weighted by Crippen LogP contribution is -2.17. The Labute approximate surface area is 91.7 Å². The van der Waals surface area contributed by atoms with Crippen LogP contribution in [0.2, 0.25) is 0 Å². The van der Waals surface area contributed by atoms with Gasteiger partial charge >= 0.3 is 0 Å². The Morgan fingerprint density at radius 3 is 2.87 bits per heavy atom. The summed E-state index contributed by atoms with van der Waals surface area (Å²) in [5.41, 5.74) is 5.57. The van der Waals surface area contributed by atoms with Gasteiger partial charge in [0.1, 0.15) is 5.82 Å². The quantitative estimate of drug-likeness (QED) is 0.820. The van der Waals surface area contributed by atoms with Crippen LogP contribution in [0.15, 0.2) is 12.4 Å². The molecule has 1 heterocycles. The molecule has 0 bridgehead atoms. The molecule has 0 spiro atoms. The second kappa shape index (κ2) is 5.31. The first kappa shape index (κ1) is 10.7. The average Bonchev–Trinajstić information content (AvgIpc) is 2.68. The number of hydrogen-bond donors (Lipinski definition) is 1. The topological polar surface area (TPSA) is 43.8 Å². The van der Waals surface area contributed by atoms with Gasteiger partial charge in [0, 0.05) is 25.4 Å². The van der Waals surface area contributed by atoms with Crippen molar-refractivity contribution in [2.24, 2.45) is 11.7 Å². The highest BCUT2D eigenvalue weighted by molar-refractivity contribution is 4.93. The van der Waals surface area contributed by atoms with Crippen LogP contribution in [-0.4, -0.2) is 16.1 Å². The van der Waals surface area contributed by atoms with Gasteiger partial charge in [-0.1, -0.05) is 19.3 Å². The Balaban J connectivity index is 1.93. The maximum absolute atomic E-state index is 5.57. The van der Waals surface area contributed by atoms with E-state index in [4.69, 9.17) is 5.73 Å². The van der Waals surface area contributed by atoms with E-state index in [2.05, 4.69) is 15.7 Å². The van der Waals surface area contributed by atoms with Gasteiger partial charge < -0.3 is 10.3 Å². The average molecular weight is 207 g/mol. The third-order valence-electron chi connectivity index (χ3n) is 3.35. The minimum Gasteiger partial charge on any atom is -0.335 e. The molecular formula is C12H21N3. The van der Waals surface area contributed by atoms with Crippen molar-refractivity contribution in [1.82, 2.24) is 9.55 Å². The lowest BCUT2D eigenvalue weighted by atomic mass is 9.89. The highest BCUT2D eigenvalue weighted by atomic mass is 15.1. The molecule has 1 saturated carbocycles. The summed E-state index contributed by atoms with van der Waals surface area (Å²) >= 11 is 0. The van der Waals surface area contributed by atoms with Crippen LogP contribution < -0.4 is 5.73 Å². The Hall–Kier alpha value is -0.830. The molecule has 0 radical (unpaired) electrons. The van der Waals surface area contributed by atoms with Gasteiger partial charge in [-0.25, -0.2) is 4.98 Å². The highest BCUT2D eigenvalue weighted by Gasteiger charge is 2.14. The molecule has 2 rings (SSSR count). The fourth-order valence-electron chi connectivity index (χ4n) is 2.51. The largest absolute Gasteiger partial charge is 0.335 e. The predicted octanol–water partition coefficient (Wildman–Crippen LogP) is 1.96. The molecule has 2 N–H and O–H groups in total. The summed E-state index contributed by atoms with van der Waals surface area (Å²) < 4.78 is 2.29. The summed E-state index contributed by atoms with van der Waals surface area (Å²) in [6.07, 6.45) is 11.9. The van der Waals surface area contributed by atoms with Gasteiger partial charge in [-0.3, -0.25) is 0 Å². The second-order valence-corrected chi connectivity index (χ2v) is 4.54. The Morgan fingerprint density at radius 2 is 2.13 bits per heavy atom. The van der Waals surface area contributed by atoms with Gasteiger partial charge in [0.25, 0.3) is 0 Å². The van der Waals surface area contributed by atoms with Crippen molar-refractivity contribution < 1.29 is 0 Å². The molecule has 1 fully saturated rings. The molecule has 0 amide bonds. The molecule has 3 heteroatoms. The van der Waals surface area contributed by atoms with Gasteiger partial charge in [0.15, 0.2) is 0 Å². The van der Waals surface area contributed by atoms with Gasteiger partial charge in [-0.15, -0.1) is 0 Å².